The van der Waals surface area contributed by atoms with Crippen LogP contribution in [0.15, 0.2) is 5.38 Å². The second-order valence-electron chi connectivity index (χ2n) is 4.42. The first-order valence-corrected chi connectivity index (χ1v) is 6.63. The molecule has 0 aromatic carbocycles. The minimum Gasteiger partial charge on any atom is -0.379 e. The molecule has 1 aromatic heterocycles. The van der Waals surface area contributed by atoms with Crippen LogP contribution in [0.2, 0.25) is 0 Å². The minimum atomic E-state index is 0.0967. The molecule has 0 radical (unpaired) electrons. The second kappa shape index (κ2) is 4.41. The van der Waals surface area contributed by atoms with Crippen molar-refractivity contribution in [3.8, 4) is 0 Å². The van der Waals surface area contributed by atoms with Crippen molar-refractivity contribution in [1.29, 1.82) is 0 Å². The maximum Gasteiger partial charge on any atom is 0.122 e. The van der Waals surface area contributed by atoms with Gasteiger partial charge in [0.05, 0.1) is 18.9 Å². The molecular weight excluding hydrogens is 224 g/mol. The van der Waals surface area contributed by atoms with Crippen LogP contribution >= 0.6 is 11.3 Å². The largest absolute Gasteiger partial charge is 0.379 e. The molecule has 3 unspecified atom stereocenters. The molecule has 3 heterocycles. The quantitative estimate of drug-likeness (QED) is 0.849. The van der Waals surface area contributed by atoms with Crippen LogP contribution in [-0.4, -0.2) is 30.8 Å². The predicted molar refractivity (Wildman–Crippen MR) is 61.6 cm³/mol. The summed E-state index contributed by atoms with van der Waals surface area (Å²) in [6.07, 6.45) is 2.46. The summed E-state index contributed by atoms with van der Waals surface area (Å²) >= 11 is 1.69. The molecule has 2 saturated heterocycles. The van der Waals surface area contributed by atoms with Gasteiger partial charge in [0.1, 0.15) is 11.1 Å². The van der Waals surface area contributed by atoms with Gasteiger partial charge in [-0.3, -0.25) is 0 Å². The number of nitrogens with two attached hydrogens (primary N) is 1. The summed E-state index contributed by atoms with van der Waals surface area (Å²) in [7, 11) is 0. The monoisotopic (exact) mass is 240 g/mol. The van der Waals surface area contributed by atoms with Crippen molar-refractivity contribution in [1.82, 2.24) is 4.98 Å². The molecule has 2 N–H and O–H groups in total. The number of nitrogens with zero attached hydrogens (tertiary/aromatic N) is 1. The summed E-state index contributed by atoms with van der Waals surface area (Å²) in [5, 5.41) is 3.21. The lowest BCUT2D eigenvalue weighted by molar-refractivity contribution is 0.111. The Morgan fingerprint density at radius 1 is 1.44 bits per heavy atom. The fourth-order valence-corrected chi connectivity index (χ4v) is 3.23. The molecule has 2 aliphatic heterocycles. The highest BCUT2D eigenvalue weighted by atomic mass is 32.1. The maximum atomic E-state index is 5.98. The summed E-state index contributed by atoms with van der Waals surface area (Å²) in [6.45, 7) is 2.22. The summed E-state index contributed by atoms with van der Waals surface area (Å²) in [5.41, 5.74) is 7.07. The molecule has 2 fully saturated rings. The van der Waals surface area contributed by atoms with E-state index >= 15 is 0 Å². The van der Waals surface area contributed by atoms with E-state index in [0.29, 0.717) is 13.2 Å². The van der Waals surface area contributed by atoms with Gasteiger partial charge >= 0.3 is 0 Å². The molecule has 1 aromatic rings. The molecule has 88 valence electrons. The fraction of sp³-hybridized carbons (Fsp3) is 0.727. The third-order valence-electron chi connectivity index (χ3n) is 3.25. The number of hydrogen-bond donors (Lipinski definition) is 1. The van der Waals surface area contributed by atoms with E-state index in [9.17, 15) is 0 Å². The van der Waals surface area contributed by atoms with Crippen LogP contribution in [0.5, 0.6) is 0 Å². The van der Waals surface area contributed by atoms with E-state index in [0.717, 1.165) is 30.2 Å². The van der Waals surface area contributed by atoms with Crippen molar-refractivity contribution < 1.29 is 9.47 Å². The Kier molecular flexibility index (Phi) is 2.93. The first-order chi connectivity index (χ1) is 7.84. The fourth-order valence-electron chi connectivity index (χ4n) is 2.27. The molecule has 5 heteroatoms. The highest BCUT2D eigenvalue weighted by Gasteiger charge is 2.30. The second-order valence-corrected chi connectivity index (χ2v) is 5.31. The molecule has 2 aliphatic rings. The van der Waals surface area contributed by atoms with Crippen molar-refractivity contribution >= 4 is 11.3 Å². The summed E-state index contributed by atoms with van der Waals surface area (Å²) in [5.74, 6) is 0.270. The number of thiazole rings is 1. The molecule has 0 aliphatic carbocycles. The zero-order valence-corrected chi connectivity index (χ0v) is 9.91. The normalized spacial score (nSPS) is 34.7. The van der Waals surface area contributed by atoms with Gasteiger partial charge in [0.2, 0.25) is 0 Å². The maximum absolute atomic E-state index is 5.98. The summed E-state index contributed by atoms with van der Waals surface area (Å²) in [6, 6.07) is 0.0967. The van der Waals surface area contributed by atoms with Crippen LogP contribution in [0.25, 0.3) is 0 Å². The smallest absolute Gasteiger partial charge is 0.122 e. The molecule has 4 nitrogen and oxygen atoms in total. The molecular formula is C11H16N2O2S. The lowest BCUT2D eigenvalue weighted by atomic mass is 10.0. The van der Waals surface area contributed by atoms with Crippen molar-refractivity contribution in [2.75, 3.05) is 19.8 Å². The van der Waals surface area contributed by atoms with Gasteiger partial charge in [-0.2, -0.15) is 0 Å². The summed E-state index contributed by atoms with van der Waals surface area (Å²) < 4.78 is 11.0. The summed E-state index contributed by atoms with van der Waals surface area (Å²) in [4.78, 5) is 4.66. The Balaban J connectivity index is 1.76. The first kappa shape index (κ1) is 10.7. The van der Waals surface area contributed by atoms with Gasteiger partial charge in [-0.25, -0.2) is 4.98 Å². The van der Waals surface area contributed by atoms with Gasteiger partial charge in [-0.15, -0.1) is 11.3 Å². The van der Waals surface area contributed by atoms with E-state index in [-0.39, 0.29) is 18.1 Å². The zero-order chi connectivity index (χ0) is 11.0. The average Bonchev–Trinajstić information content (AvgIpc) is 2.96. The third kappa shape index (κ3) is 1.88. The Bertz CT molecular complexity index is 363. The SMILES string of the molecule is NC1COCC1c1csc(C2CCCO2)n1. The van der Waals surface area contributed by atoms with Crippen molar-refractivity contribution in [2.45, 2.75) is 30.9 Å². The molecule has 0 amide bonds. The Hall–Kier alpha value is -0.490. The number of aromatic nitrogens is 1. The lowest BCUT2D eigenvalue weighted by Gasteiger charge is -2.09. The van der Waals surface area contributed by atoms with E-state index in [2.05, 4.69) is 10.4 Å². The molecule has 3 rings (SSSR count). The van der Waals surface area contributed by atoms with Crippen molar-refractivity contribution in [3.63, 3.8) is 0 Å². The van der Waals surface area contributed by atoms with Crippen LogP contribution in [0, 0.1) is 0 Å². The molecule has 3 atom stereocenters. The zero-order valence-electron chi connectivity index (χ0n) is 9.09. The number of rotatable bonds is 2. The molecule has 0 bridgehead atoms. The predicted octanol–water partition coefficient (Wildman–Crippen LogP) is 1.44. The highest BCUT2D eigenvalue weighted by Crippen LogP contribution is 2.33. The first-order valence-electron chi connectivity index (χ1n) is 5.75. The van der Waals surface area contributed by atoms with Gasteiger partial charge in [0, 0.05) is 23.9 Å². The van der Waals surface area contributed by atoms with Crippen LogP contribution < -0.4 is 5.73 Å². The van der Waals surface area contributed by atoms with Gasteiger partial charge in [-0.05, 0) is 12.8 Å². The Morgan fingerprint density at radius 2 is 2.38 bits per heavy atom. The highest BCUT2D eigenvalue weighted by molar-refractivity contribution is 7.09. The lowest BCUT2D eigenvalue weighted by Crippen LogP contribution is -2.27. The molecule has 16 heavy (non-hydrogen) atoms. The van der Waals surface area contributed by atoms with Crippen molar-refractivity contribution in [3.05, 3.63) is 16.1 Å². The van der Waals surface area contributed by atoms with Crippen molar-refractivity contribution in [2.24, 2.45) is 5.73 Å². The number of hydrogen-bond acceptors (Lipinski definition) is 5. The molecule has 0 spiro atoms. The van der Waals surface area contributed by atoms with E-state index in [4.69, 9.17) is 15.2 Å². The van der Waals surface area contributed by atoms with Gasteiger partial charge in [0.25, 0.3) is 0 Å². The minimum absolute atomic E-state index is 0.0967. The Morgan fingerprint density at radius 3 is 3.06 bits per heavy atom. The standard InChI is InChI=1S/C11H16N2O2S/c12-8-5-14-4-7(8)9-6-16-11(13-9)10-2-1-3-15-10/h6-8,10H,1-5,12H2. The van der Waals surface area contributed by atoms with E-state index in [1.165, 1.54) is 0 Å². The topological polar surface area (TPSA) is 57.4 Å². The van der Waals surface area contributed by atoms with E-state index < -0.39 is 0 Å². The molecule has 0 saturated carbocycles. The van der Waals surface area contributed by atoms with Crippen LogP contribution in [-0.2, 0) is 9.47 Å². The Labute approximate surface area is 98.8 Å². The average molecular weight is 240 g/mol. The van der Waals surface area contributed by atoms with Gasteiger partial charge in [-0.1, -0.05) is 0 Å². The van der Waals surface area contributed by atoms with Crippen LogP contribution in [0.4, 0.5) is 0 Å². The number of ether oxygens (including phenoxy) is 2. The van der Waals surface area contributed by atoms with Crippen LogP contribution in [0.3, 0.4) is 0 Å². The van der Waals surface area contributed by atoms with Crippen LogP contribution in [0.1, 0.15) is 35.6 Å². The van der Waals surface area contributed by atoms with Gasteiger partial charge < -0.3 is 15.2 Å². The van der Waals surface area contributed by atoms with Gasteiger partial charge in [0.15, 0.2) is 0 Å². The third-order valence-corrected chi connectivity index (χ3v) is 4.20. The van der Waals surface area contributed by atoms with E-state index in [1.807, 2.05) is 0 Å². The van der Waals surface area contributed by atoms with E-state index in [1.54, 1.807) is 11.3 Å².